The first-order chi connectivity index (χ1) is 8.40. The molecule has 88 valence electrons. The van der Waals surface area contributed by atoms with E-state index in [1.54, 1.807) is 12.5 Å². The maximum absolute atomic E-state index is 5.84. The van der Waals surface area contributed by atoms with Gasteiger partial charge in [0.15, 0.2) is 0 Å². The topological polar surface area (TPSA) is 47.3 Å². The molecule has 1 N–H and O–H groups in total. The molecule has 2 aliphatic rings. The van der Waals surface area contributed by atoms with Gasteiger partial charge in [0.2, 0.25) is 0 Å². The van der Waals surface area contributed by atoms with E-state index in [1.807, 2.05) is 12.1 Å². The van der Waals surface area contributed by atoms with Crippen molar-refractivity contribution in [3.63, 3.8) is 0 Å². The number of nitrogens with zero attached hydrogens (tertiary/aromatic N) is 1. The fourth-order valence-corrected chi connectivity index (χ4v) is 2.98. The summed E-state index contributed by atoms with van der Waals surface area (Å²) in [6.07, 6.45) is 7.79. The van der Waals surface area contributed by atoms with Gasteiger partial charge in [-0.05, 0) is 31.4 Å². The van der Waals surface area contributed by atoms with Crippen LogP contribution in [0.15, 0.2) is 29.0 Å². The van der Waals surface area contributed by atoms with Crippen LogP contribution in [0.25, 0.3) is 11.0 Å². The summed E-state index contributed by atoms with van der Waals surface area (Å²) < 4.78 is 11.2. The van der Waals surface area contributed by atoms with Gasteiger partial charge in [0, 0.05) is 6.20 Å². The summed E-state index contributed by atoms with van der Waals surface area (Å²) in [7, 11) is 0. The molecule has 4 heterocycles. The summed E-state index contributed by atoms with van der Waals surface area (Å²) in [4.78, 5) is 4.40. The molecular weight excluding hydrogens is 216 g/mol. The van der Waals surface area contributed by atoms with Crippen molar-refractivity contribution in [2.75, 3.05) is 5.32 Å². The van der Waals surface area contributed by atoms with Gasteiger partial charge in [-0.1, -0.05) is 0 Å². The Kier molecular flexibility index (Phi) is 1.93. The molecular formula is C13H14N2O2. The van der Waals surface area contributed by atoms with Crippen LogP contribution in [0.4, 0.5) is 5.82 Å². The smallest absolute Gasteiger partial charge is 0.139 e. The molecule has 4 nitrogen and oxygen atoms in total. The van der Waals surface area contributed by atoms with Gasteiger partial charge in [0.25, 0.3) is 0 Å². The Morgan fingerprint density at radius 2 is 2.29 bits per heavy atom. The molecule has 2 bridgehead atoms. The van der Waals surface area contributed by atoms with E-state index in [0.29, 0.717) is 18.2 Å². The van der Waals surface area contributed by atoms with Crippen molar-refractivity contribution in [2.24, 2.45) is 0 Å². The van der Waals surface area contributed by atoms with Crippen LogP contribution >= 0.6 is 0 Å². The van der Waals surface area contributed by atoms with Crippen LogP contribution in [-0.2, 0) is 4.74 Å². The SMILES string of the molecule is c1cc2occc2c(NC2CC3CCC2O3)n1. The molecule has 4 heteroatoms. The zero-order valence-corrected chi connectivity index (χ0v) is 9.43. The largest absolute Gasteiger partial charge is 0.464 e. The normalized spacial score (nSPS) is 31.2. The molecule has 0 saturated carbocycles. The fourth-order valence-electron chi connectivity index (χ4n) is 2.98. The van der Waals surface area contributed by atoms with E-state index in [-0.39, 0.29) is 0 Å². The highest BCUT2D eigenvalue weighted by Crippen LogP contribution is 2.36. The maximum atomic E-state index is 5.84. The highest BCUT2D eigenvalue weighted by atomic mass is 16.5. The molecule has 0 amide bonds. The third-order valence-corrected chi connectivity index (χ3v) is 3.81. The summed E-state index contributed by atoms with van der Waals surface area (Å²) in [6.45, 7) is 0. The highest BCUT2D eigenvalue weighted by Gasteiger charge is 2.40. The minimum absolute atomic E-state index is 0.365. The van der Waals surface area contributed by atoms with Gasteiger partial charge in [0.05, 0.1) is 29.9 Å². The van der Waals surface area contributed by atoms with Crippen LogP contribution in [0.1, 0.15) is 19.3 Å². The summed E-state index contributed by atoms with van der Waals surface area (Å²) in [5, 5.41) is 4.56. The Hall–Kier alpha value is -1.55. The molecule has 17 heavy (non-hydrogen) atoms. The number of anilines is 1. The van der Waals surface area contributed by atoms with Crippen molar-refractivity contribution < 1.29 is 9.15 Å². The zero-order chi connectivity index (χ0) is 11.2. The lowest BCUT2D eigenvalue weighted by Crippen LogP contribution is -2.30. The zero-order valence-electron chi connectivity index (χ0n) is 9.43. The monoisotopic (exact) mass is 230 g/mol. The molecule has 2 aliphatic heterocycles. The number of hydrogen-bond acceptors (Lipinski definition) is 4. The Bertz CT molecular complexity index is 551. The Morgan fingerprint density at radius 1 is 1.29 bits per heavy atom. The Labute approximate surface area is 99.0 Å². The van der Waals surface area contributed by atoms with Gasteiger partial charge in [-0.2, -0.15) is 0 Å². The van der Waals surface area contributed by atoms with Crippen LogP contribution in [0, 0.1) is 0 Å². The van der Waals surface area contributed by atoms with E-state index < -0.39 is 0 Å². The van der Waals surface area contributed by atoms with Crippen molar-refractivity contribution >= 4 is 16.8 Å². The van der Waals surface area contributed by atoms with Crippen LogP contribution in [0.3, 0.4) is 0 Å². The lowest BCUT2D eigenvalue weighted by Gasteiger charge is -2.20. The summed E-state index contributed by atoms with van der Waals surface area (Å²) in [5.41, 5.74) is 0.881. The molecule has 2 aromatic rings. The molecule has 0 aliphatic carbocycles. The number of nitrogens with one attached hydrogen (secondary N) is 1. The number of ether oxygens (including phenoxy) is 1. The molecule has 2 saturated heterocycles. The quantitative estimate of drug-likeness (QED) is 0.861. The average molecular weight is 230 g/mol. The van der Waals surface area contributed by atoms with E-state index in [0.717, 1.165) is 23.2 Å². The molecule has 0 aromatic carbocycles. The van der Waals surface area contributed by atoms with Gasteiger partial charge in [0.1, 0.15) is 11.4 Å². The maximum Gasteiger partial charge on any atom is 0.139 e. The average Bonchev–Trinajstić information content (AvgIpc) is 3.04. The lowest BCUT2D eigenvalue weighted by atomic mass is 9.95. The highest BCUT2D eigenvalue weighted by molar-refractivity contribution is 5.87. The van der Waals surface area contributed by atoms with E-state index in [1.165, 1.54) is 12.8 Å². The number of fused-ring (bicyclic) bond motifs is 3. The van der Waals surface area contributed by atoms with Crippen LogP contribution in [0.2, 0.25) is 0 Å². The van der Waals surface area contributed by atoms with E-state index >= 15 is 0 Å². The first-order valence-electron chi connectivity index (χ1n) is 6.14. The van der Waals surface area contributed by atoms with Crippen LogP contribution in [-0.4, -0.2) is 23.2 Å². The standard InChI is InChI=1S/C13H14N2O2/c1-2-12-10(7-8(1)17-12)15-13-9-4-6-16-11(9)3-5-14-13/h3-6,8,10,12H,1-2,7H2,(H,14,15). The molecule has 2 fully saturated rings. The molecule has 3 unspecified atom stereocenters. The first-order valence-corrected chi connectivity index (χ1v) is 6.14. The second-order valence-electron chi connectivity index (χ2n) is 4.85. The van der Waals surface area contributed by atoms with Crippen molar-refractivity contribution in [1.82, 2.24) is 4.98 Å². The molecule has 2 aromatic heterocycles. The summed E-state index contributed by atoms with van der Waals surface area (Å²) >= 11 is 0. The Balaban J connectivity index is 1.65. The molecule has 0 radical (unpaired) electrons. The fraction of sp³-hybridized carbons (Fsp3) is 0.462. The second kappa shape index (κ2) is 3.47. The number of hydrogen-bond donors (Lipinski definition) is 1. The van der Waals surface area contributed by atoms with Crippen molar-refractivity contribution in [2.45, 2.75) is 37.5 Å². The number of aromatic nitrogens is 1. The first kappa shape index (κ1) is 9.48. The molecule has 0 spiro atoms. The Morgan fingerprint density at radius 3 is 3.12 bits per heavy atom. The minimum Gasteiger partial charge on any atom is -0.464 e. The van der Waals surface area contributed by atoms with Gasteiger partial charge >= 0.3 is 0 Å². The number of rotatable bonds is 2. The van der Waals surface area contributed by atoms with Crippen molar-refractivity contribution in [3.05, 3.63) is 24.6 Å². The van der Waals surface area contributed by atoms with Crippen LogP contribution < -0.4 is 5.32 Å². The molecule has 3 atom stereocenters. The van der Waals surface area contributed by atoms with Gasteiger partial charge in [-0.15, -0.1) is 0 Å². The lowest BCUT2D eigenvalue weighted by molar-refractivity contribution is 0.102. The number of pyridine rings is 1. The predicted molar refractivity (Wildman–Crippen MR) is 63.9 cm³/mol. The predicted octanol–water partition coefficient (Wildman–Crippen LogP) is 2.56. The van der Waals surface area contributed by atoms with Crippen molar-refractivity contribution in [1.29, 1.82) is 0 Å². The van der Waals surface area contributed by atoms with Gasteiger partial charge in [-0.25, -0.2) is 4.98 Å². The van der Waals surface area contributed by atoms with Crippen molar-refractivity contribution in [3.8, 4) is 0 Å². The second-order valence-corrected chi connectivity index (χ2v) is 4.85. The molecule has 4 rings (SSSR count). The third kappa shape index (κ3) is 1.44. The summed E-state index contributed by atoms with van der Waals surface area (Å²) in [5.74, 6) is 0.914. The van der Waals surface area contributed by atoms with E-state index in [2.05, 4.69) is 10.3 Å². The summed E-state index contributed by atoms with van der Waals surface area (Å²) in [6, 6.07) is 4.25. The third-order valence-electron chi connectivity index (χ3n) is 3.81. The van der Waals surface area contributed by atoms with Gasteiger partial charge < -0.3 is 14.5 Å². The minimum atomic E-state index is 0.365. The van der Waals surface area contributed by atoms with E-state index in [9.17, 15) is 0 Å². The van der Waals surface area contributed by atoms with Gasteiger partial charge in [-0.3, -0.25) is 0 Å². The number of furan rings is 1. The van der Waals surface area contributed by atoms with Crippen LogP contribution in [0.5, 0.6) is 0 Å². The van der Waals surface area contributed by atoms with E-state index in [4.69, 9.17) is 9.15 Å².